The van der Waals surface area contributed by atoms with E-state index in [-0.39, 0.29) is 24.0 Å². The van der Waals surface area contributed by atoms with Crippen LogP contribution in [0.2, 0.25) is 0 Å². The smallest absolute Gasteiger partial charge is 0.191 e. The van der Waals surface area contributed by atoms with Crippen molar-refractivity contribution < 1.29 is 9.47 Å². The van der Waals surface area contributed by atoms with Crippen molar-refractivity contribution in [1.29, 1.82) is 0 Å². The molecule has 0 aliphatic carbocycles. The average Bonchev–Trinajstić information content (AvgIpc) is 3.16. The van der Waals surface area contributed by atoms with Crippen LogP contribution in [0.4, 0.5) is 0 Å². The predicted molar refractivity (Wildman–Crippen MR) is 126 cm³/mol. The van der Waals surface area contributed by atoms with E-state index in [0.29, 0.717) is 11.4 Å². The molecule has 1 saturated heterocycles. The summed E-state index contributed by atoms with van der Waals surface area (Å²) < 4.78 is 11.3. The van der Waals surface area contributed by atoms with E-state index >= 15 is 0 Å². The highest BCUT2D eigenvalue weighted by Crippen LogP contribution is 2.22. The maximum atomic E-state index is 5.70. The number of aliphatic imine (C=N–C) groups is 1. The van der Waals surface area contributed by atoms with E-state index in [2.05, 4.69) is 48.7 Å². The van der Waals surface area contributed by atoms with Crippen molar-refractivity contribution in [2.75, 3.05) is 39.5 Å². The predicted octanol–water partition coefficient (Wildman–Crippen LogP) is 3.93. The zero-order valence-corrected chi connectivity index (χ0v) is 19.6. The molecule has 0 aromatic heterocycles. The van der Waals surface area contributed by atoms with Gasteiger partial charge in [-0.3, -0.25) is 4.99 Å². The lowest BCUT2D eigenvalue weighted by atomic mass is 10.2. The lowest BCUT2D eigenvalue weighted by molar-refractivity contribution is 0.0168. The number of halogens is 1. The molecule has 1 aromatic carbocycles. The van der Waals surface area contributed by atoms with Crippen LogP contribution in [0, 0.1) is 0 Å². The van der Waals surface area contributed by atoms with Gasteiger partial charge < -0.3 is 20.1 Å². The molecule has 7 heteroatoms. The van der Waals surface area contributed by atoms with Crippen LogP contribution >= 0.6 is 35.7 Å². The Morgan fingerprint density at radius 3 is 2.85 bits per heavy atom. The molecule has 1 aliphatic rings. The van der Waals surface area contributed by atoms with Gasteiger partial charge in [0.1, 0.15) is 0 Å². The largest absolute Gasteiger partial charge is 0.379 e. The fourth-order valence-electron chi connectivity index (χ4n) is 2.70. The summed E-state index contributed by atoms with van der Waals surface area (Å²) in [4.78, 5) is 5.99. The third kappa shape index (κ3) is 11.2. The second-order valence-electron chi connectivity index (χ2n) is 6.45. The van der Waals surface area contributed by atoms with Crippen LogP contribution in [0.15, 0.2) is 40.2 Å². The van der Waals surface area contributed by atoms with Crippen molar-refractivity contribution in [1.82, 2.24) is 10.6 Å². The SMILES string of the molecule is CCNC(=NCC(C)Sc1ccccc1)NCCCOCC1CCCO1.I. The maximum absolute atomic E-state index is 5.70. The van der Waals surface area contributed by atoms with Crippen molar-refractivity contribution in [3.8, 4) is 0 Å². The Kier molecular flexibility index (Phi) is 14.0. The first-order valence-electron chi connectivity index (χ1n) is 9.71. The van der Waals surface area contributed by atoms with Gasteiger partial charge in [-0.25, -0.2) is 0 Å². The van der Waals surface area contributed by atoms with E-state index in [4.69, 9.17) is 14.5 Å². The Hall–Kier alpha value is -0.510. The van der Waals surface area contributed by atoms with E-state index in [1.165, 1.54) is 11.3 Å². The molecule has 0 saturated carbocycles. The highest BCUT2D eigenvalue weighted by molar-refractivity contribution is 14.0. The Morgan fingerprint density at radius 1 is 1.33 bits per heavy atom. The molecule has 1 heterocycles. The minimum absolute atomic E-state index is 0. The average molecular weight is 507 g/mol. The van der Waals surface area contributed by atoms with Crippen LogP contribution in [0.1, 0.15) is 33.1 Å². The summed E-state index contributed by atoms with van der Waals surface area (Å²) in [5.41, 5.74) is 0. The standard InChI is InChI=1S/C20H33N3O2S.HI/c1-3-21-20(22-12-8-13-24-16-18-9-7-14-25-18)23-15-17(2)26-19-10-5-4-6-11-19;/h4-6,10-11,17-18H,3,7-9,12-16H2,1-2H3,(H2,21,22,23);1H. The molecule has 1 aliphatic heterocycles. The Labute approximate surface area is 185 Å². The van der Waals surface area contributed by atoms with E-state index in [1.54, 1.807) is 0 Å². The number of nitrogens with one attached hydrogen (secondary N) is 2. The lowest BCUT2D eigenvalue weighted by Gasteiger charge is -2.14. The summed E-state index contributed by atoms with van der Waals surface area (Å²) in [5.74, 6) is 0.882. The summed E-state index contributed by atoms with van der Waals surface area (Å²) in [6.07, 6.45) is 3.57. The first-order chi connectivity index (χ1) is 12.8. The van der Waals surface area contributed by atoms with Gasteiger partial charge in [-0.05, 0) is 38.3 Å². The molecule has 0 bridgehead atoms. The van der Waals surface area contributed by atoms with Crippen LogP contribution in [-0.4, -0.2) is 56.8 Å². The van der Waals surface area contributed by atoms with Crippen LogP contribution in [0.25, 0.3) is 0 Å². The number of hydrogen-bond acceptors (Lipinski definition) is 4. The fraction of sp³-hybridized carbons (Fsp3) is 0.650. The second kappa shape index (κ2) is 15.4. The number of rotatable bonds is 11. The van der Waals surface area contributed by atoms with Crippen molar-refractivity contribution >= 4 is 41.7 Å². The van der Waals surface area contributed by atoms with Crippen LogP contribution in [-0.2, 0) is 9.47 Å². The molecule has 0 amide bonds. The van der Waals surface area contributed by atoms with Crippen molar-refractivity contribution in [2.45, 2.75) is 49.4 Å². The maximum Gasteiger partial charge on any atom is 0.191 e. The van der Waals surface area contributed by atoms with Crippen molar-refractivity contribution in [2.24, 2.45) is 4.99 Å². The molecular weight excluding hydrogens is 473 g/mol. The van der Waals surface area contributed by atoms with E-state index in [9.17, 15) is 0 Å². The molecule has 5 nitrogen and oxygen atoms in total. The van der Waals surface area contributed by atoms with Crippen molar-refractivity contribution in [3.05, 3.63) is 30.3 Å². The third-order valence-corrected chi connectivity index (χ3v) is 5.11. The zero-order chi connectivity index (χ0) is 18.5. The van der Waals surface area contributed by atoms with E-state index in [1.807, 2.05) is 17.8 Å². The van der Waals surface area contributed by atoms with E-state index < -0.39 is 0 Å². The monoisotopic (exact) mass is 507 g/mol. The van der Waals surface area contributed by atoms with Crippen molar-refractivity contribution in [3.63, 3.8) is 0 Å². The molecule has 2 atom stereocenters. The van der Waals surface area contributed by atoms with Crippen LogP contribution in [0.3, 0.4) is 0 Å². The lowest BCUT2D eigenvalue weighted by Crippen LogP contribution is -2.38. The van der Waals surface area contributed by atoms with Gasteiger partial charge >= 0.3 is 0 Å². The number of thioether (sulfide) groups is 1. The topological polar surface area (TPSA) is 54.9 Å². The van der Waals surface area contributed by atoms with Crippen LogP contribution < -0.4 is 10.6 Å². The zero-order valence-electron chi connectivity index (χ0n) is 16.5. The third-order valence-electron chi connectivity index (χ3n) is 4.02. The molecule has 0 radical (unpaired) electrons. The fourth-order valence-corrected chi connectivity index (χ4v) is 3.63. The molecule has 1 fully saturated rings. The molecule has 0 spiro atoms. The number of benzene rings is 1. The minimum atomic E-state index is 0. The summed E-state index contributed by atoms with van der Waals surface area (Å²) in [6, 6.07) is 10.5. The molecule has 2 rings (SSSR count). The summed E-state index contributed by atoms with van der Waals surface area (Å²) >= 11 is 1.86. The highest BCUT2D eigenvalue weighted by Gasteiger charge is 2.14. The number of nitrogens with zero attached hydrogens (tertiary/aromatic N) is 1. The molecule has 2 unspecified atom stereocenters. The van der Waals surface area contributed by atoms with Crippen LogP contribution in [0.5, 0.6) is 0 Å². The molecule has 154 valence electrons. The Morgan fingerprint density at radius 2 is 2.15 bits per heavy atom. The van der Waals surface area contributed by atoms with Gasteiger partial charge in [-0.1, -0.05) is 25.1 Å². The Bertz CT molecular complexity index is 513. The van der Waals surface area contributed by atoms with Gasteiger partial charge in [-0.15, -0.1) is 35.7 Å². The summed E-state index contributed by atoms with van der Waals surface area (Å²) in [5, 5.41) is 7.13. The van der Waals surface area contributed by atoms with Gasteiger partial charge in [0.2, 0.25) is 0 Å². The Balaban J connectivity index is 0.00000364. The molecule has 27 heavy (non-hydrogen) atoms. The number of guanidine groups is 1. The molecule has 1 aromatic rings. The minimum Gasteiger partial charge on any atom is -0.379 e. The number of ether oxygens (including phenoxy) is 2. The van der Waals surface area contributed by atoms with Gasteiger partial charge in [-0.2, -0.15) is 0 Å². The quantitative estimate of drug-likeness (QED) is 0.156. The highest BCUT2D eigenvalue weighted by atomic mass is 127. The summed E-state index contributed by atoms with van der Waals surface area (Å²) in [6.45, 7) is 9.17. The van der Waals surface area contributed by atoms with Gasteiger partial charge in [0.05, 0.1) is 19.3 Å². The van der Waals surface area contributed by atoms with Gasteiger partial charge in [0.25, 0.3) is 0 Å². The van der Waals surface area contributed by atoms with Gasteiger partial charge in [0, 0.05) is 36.4 Å². The molecular formula is C20H34IN3O2S. The van der Waals surface area contributed by atoms with E-state index in [0.717, 1.165) is 58.3 Å². The number of hydrogen-bond donors (Lipinski definition) is 2. The second-order valence-corrected chi connectivity index (χ2v) is 7.96. The normalized spacial score (nSPS) is 18.0. The first-order valence-corrected chi connectivity index (χ1v) is 10.6. The molecule has 2 N–H and O–H groups in total. The summed E-state index contributed by atoms with van der Waals surface area (Å²) in [7, 11) is 0. The first kappa shape index (κ1) is 24.5. The van der Waals surface area contributed by atoms with Gasteiger partial charge in [0.15, 0.2) is 5.96 Å².